The third kappa shape index (κ3) is 3.48. The molecule has 0 spiro atoms. The largest absolute Gasteiger partial charge is 0.490 e. The molecule has 4 rings (SSSR count). The first-order chi connectivity index (χ1) is 12.6. The van der Waals surface area contributed by atoms with Gasteiger partial charge in [0.1, 0.15) is 11.6 Å². The van der Waals surface area contributed by atoms with Gasteiger partial charge in [-0.3, -0.25) is 4.79 Å². The number of hydrogen-bond donors (Lipinski definition) is 3. The molecule has 0 atom stereocenters. The summed E-state index contributed by atoms with van der Waals surface area (Å²) in [6.45, 7) is 0. The molecule has 0 bridgehead atoms. The fourth-order valence-electron chi connectivity index (χ4n) is 3.30. The van der Waals surface area contributed by atoms with Crippen molar-refractivity contribution in [1.29, 1.82) is 0 Å². The number of amides is 1. The Morgan fingerprint density at radius 3 is 2.62 bits per heavy atom. The normalized spacial score (nSPS) is 14.7. The van der Waals surface area contributed by atoms with Crippen molar-refractivity contribution >= 4 is 34.8 Å². The molecule has 1 aliphatic carbocycles. The number of H-pyrrole nitrogens is 2. The standard InChI is InChI=1S/C19H18FN3O2S/c20-11-9-15(17-16(10-11)22-19(26)23-17)18(24)21-12-5-7-14(8-6-12)25-13-3-1-2-4-13/h5-10,13H,1-4H2,(H,21,24)(H2,22,23,26). The third-order valence-corrected chi connectivity index (χ3v) is 4.76. The molecule has 1 amide bonds. The summed E-state index contributed by atoms with van der Waals surface area (Å²) in [7, 11) is 0. The van der Waals surface area contributed by atoms with Crippen molar-refractivity contribution in [1.82, 2.24) is 9.97 Å². The van der Waals surface area contributed by atoms with Crippen molar-refractivity contribution in [3.8, 4) is 5.75 Å². The van der Waals surface area contributed by atoms with E-state index in [1.807, 2.05) is 12.1 Å². The fraction of sp³-hybridized carbons (Fsp3) is 0.263. The summed E-state index contributed by atoms with van der Waals surface area (Å²) >= 11 is 5.03. The molecule has 0 aliphatic heterocycles. The van der Waals surface area contributed by atoms with Crippen LogP contribution in [0.2, 0.25) is 0 Å². The topological polar surface area (TPSA) is 69.9 Å². The number of halogens is 1. The van der Waals surface area contributed by atoms with Gasteiger partial charge in [-0.25, -0.2) is 4.39 Å². The highest BCUT2D eigenvalue weighted by Gasteiger charge is 2.17. The number of nitrogens with one attached hydrogen (secondary N) is 3. The van der Waals surface area contributed by atoms with Crippen LogP contribution in [-0.2, 0) is 0 Å². The van der Waals surface area contributed by atoms with E-state index >= 15 is 0 Å². The molecule has 1 saturated carbocycles. The lowest BCUT2D eigenvalue weighted by Gasteiger charge is -2.13. The van der Waals surface area contributed by atoms with Crippen LogP contribution in [0.1, 0.15) is 36.0 Å². The van der Waals surface area contributed by atoms with E-state index in [1.54, 1.807) is 12.1 Å². The molecular formula is C19H18FN3O2S. The highest BCUT2D eigenvalue weighted by Crippen LogP contribution is 2.25. The van der Waals surface area contributed by atoms with Crippen molar-refractivity contribution in [2.45, 2.75) is 31.8 Å². The Balaban J connectivity index is 1.52. The smallest absolute Gasteiger partial charge is 0.257 e. The van der Waals surface area contributed by atoms with Gasteiger partial charge in [-0.15, -0.1) is 0 Å². The fourth-order valence-corrected chi connectivity index (χ4v) is 3.51. The molecule has 7 heteroatoms. The molecule has 1 aromatic heterocycles. The van der Waals surface area contributed by atoms with Gasteiger partial charge in [0, 0.05) is 5.69 Å². The van der Waals surface area contributed by atoms with Gasteiger partial charge < -0.3 is 20.0 Å². The molecule has 3 N–H and O–H groups in total. The highest BCUT2D eigenvalue weighted by molar-refractivity contribution is 7.71. The second kappa shape index (κ2) is 6.92. The lowest BCUT2D eigenvalue weighted by Crippen LogP contribution is -2.13. The number of rotatable bonds is 4. The Labute approximate surface area is 154 Å². The predicted molar refractivity (Wildman–Crippen MR) is 101 cm³/mol. The van der Waals surface area contributed by atoms with Gasteiger partial charge in [-0.1, -0.05) is 0 Å². The lowest BCUT2D eigenvalue weighted by atomic mass is 10.1. The van der Waals surface area contributed by atoms with E-state index < -0.39 is 11.7 Å². The third-order valence-electron chi connectivity index (χ3n) is 4.55. The van der Waals surface area contributed by atoms with Crippen molar-refractivity contribution in [3.05, 3.63) is 52.5 Å². The van der Waals surface area contributed by atoms with Crippen LogP contribution in [0.3, 0.4) is 0 Å². The van der Waals surface area contributed by atoms with Crippen LogP contribution in [0, 0.1) is 10.6 Å². The highest BCUT2D eigenvalue weighted by atomic mass is 32.1. The van der Waals surface area contributed by atoms with E-state index in [1.165, 1.54) is 25.0 Å². The first-order valence-corrected chi connectivity index (χ1v) is 8.99. The minimum Gasteiger partial charge on any atom is -0.490 e. The second-order valence-electron chi connectivity index (χ2n) is 6.46. The van der Waals surface area contributed by atoms with E-state index in [0.29, 0.717) is 21.5 Å². The van der Waals surface area contributed by atoms with Gasteiger partial charge in [0.15, 0.2) is 4.77 Å². The molecule has 1 fully saturated rings. The first kappa shape index (κ1) is 16.8. The molecule has 0 unspecified atom stereocenters. The minimum atomic E-state index is -0.506. The van der Waals surface area contributed by atoms with Crippen LogP contribution < -0.4 is 10.1 Å². The molecule has 2 aromatic carbocycles. The zero-order chi connectivity index (χ0) is 18.1. The molecule has 3 aromatic rings. The zero-order valence-electron chi connectivity index (χ0n) is 14.0. The summed E-state index contributed by atoms with van der Waals surface area (Å²) < 4.78 is 20.0. The van der Waals surface area contributed by atoms with Gasteiger partial charge >= 0.3 is 0 Å². The van der Waals surface area contributed by atoms with Crippen LogP contribution in [-0.4, -0.2) is 22.0 Å². The summed E-state index contributed by atoms with van der Waals surface area (Å²) in [5.74, 6) is -0.129. The van der Waals surface area contributed by atoms with E-state index in [0.717, 1.165) is 18.6 Å². The molecule has 0 radical (unpaired) electrons. The van der Waals surface area contributed by atoms with Crippen molar-refractivity contribution < 1.29 is 13.9 Å². The predicted octanol–water partition coefficient (Wildman–Crippen LogP) is 4.94. The number of anilines is 1. The minimum absolute atomic E-state index is 0.193. The number of aromatic amines is 2. The van der Waals surface area contributed by atoms with E-state index in [9.17, 15) is 9.18 Å². The van der Waals surface area contributed by atoms with Crippen LogP contribution in [0.5, 0.6) is 5.75 Å². The van der Waals surface area contributed by atoms with Crippen molar-refractivity contribution in [2.24, 2.45) is 0 Å². The molecule has 0 saturated heterocycles. The molecule has 1 aliphatic rings. The summed E-state index contributed by atoms with van der Waals surface area (Å²) in [5.41, 5.74) is 1.74. The van der Waals surface area contributed by atoms with Gasteiger partial charge in [-0.2, -0.15) is 0 Å². The summed E-state index contributed by atoms with van der Waals surface area (Å²) in [5, 5.41) is 2.78. The summed E-state index contributed by atoms with van der Waals surface area (Å²) in [6, 6.07) is 9.70. The van der Waals surface area contributed by atoms with E-state index in [2.05, 4.69) is 15.3 Å². The molecule has 1 heterocycles. The number of fused-ring (bicyclic) bond motifs is 1. The molecule has 5 nitrogen and oxygen atoms in total. The summed E-state index contributed by atoms with van der Waals surface area (Å²) in [4.78, 5) is 18.3. The molecule has 134 valence electrons. The van der Waals surface area contributed by atoms with Crippen LogP contribution in [0.4, 0.5) is 10.1 Å². The number of hydrogen-bond acceptors (Lipinski definition) is 3. The molecule has 26 heavy (non-hydrogen) atoms. The Morgan fingerprint density at radius 1 is 1.15 bits per heavy atom. The number of benzene rings is 2. The van der Waals surface area contributed by atoms with Gasteiger partial charge in [-0.05, 0) is 74.3 Å². The summed E-state index contributed by atoms with van der Waals surface area (Å²) in [6.07, 6.45) is 4.89. The Hall–Kier alpha value is -2.67. The SMILES string of the molecule is O=C(Nc1ccc(OC2CCCC2)cc1)c1cc(F)cc2[nH]c(=S)[nH]c12. The van der Waals surface area contributed by atoms with Crippen LogP contribution >= 0.6 is 12.2 Å². The number of imidazole rings is 1. The number of carbonyl (C=O) groups excluding carboxylic acids is 1. The van der Waals surface area contributed by atoms with Crippen molar-refractivity contribution in [2.75, 3.05) is 5.32 Å². The number of aromatic nitrogens is 2. The quantitative estimate of drug-likeness (QED) is 0.569. The van der Waals surface area contributed by atoms with Gasteiger partial charge in [0.05, 0.1) is 22.7 Å². The Bertz CT molecular complexity index is 1000. The maximum absolute atomic E-state index is 13.8. The average molecular weight is 371 g/mol. The zero-order valence-corrected chi connectivity index (χ0v) is 14.8. The monoisotopic (exact) mass is 371 g/mol. The number of carbonyl (C=O) groups is 1. The van der Waals surface area contributed by atoms with Crippen molar-refractivity contribution in [3.63, 3.8) is 0 Å². The van der Waals surface area contributed by atoms with E-state index in [4.69, 9.17) is 17.0 Å². The van der Waals surface area contributed by atoms with Crippen LogP contribution in [0.25, 0.3) is 11.0 Å². The van der Waals surface area contributed by atoms with Gasteiger partial charge in [0.2, 0.25) is 0 Å². The average Bonchev–Trinajstić information content (AvgIpc) is 3.24. The maximum Gasteiger partial charge on any atom is 0.257 e. The first-order valence-electron chi connectivity index (χ1n) is 8.58. The Kier molecular flexibility index (Phi) is 4.46. The maximum atomic E-state index is 13.8. The van der Waals surface area contributed by atoms with E-state index in [-0.39, 0.29) is 11.7 Å². The van der Waals surface area contributed by atoms with Crippen LogP contribution in [0.15, 0.2) is 36.4 Å². The number of ether oxygens (including phenoxy) is 1. The lowest BCUT2D eigenvalue weighted by molar-refractivity contribution is 0.102. The molecular weight excluding hydrogens is 353 g/mol. The Morgan fingerprint density at radius 2 is 1.88 bits per heavy atom. The second-order valence-corrected chi connectivity index (χ2v) is 6.87. The van der Waals surface area contributed by atoms with Gasteiger partial charge in [0.25, 0.3) is 5.91 Å².